The number of methoxy groups -OCH3 is 1. The number of hydrogen-bond donors (Lipinski definition) is 1. The van der Waals surface area contributed by atoms with Crippen LogP contribution in [-0.2, 0) is 9.53 Å². The van der Waals surface area contributed by atoms with Crippen LogP contribution in [0.5, 0.6) is 0 Å². The summed E-state index contributed by atoms with van der Waals surface area (Å²) in [5.41, 5.74) is 7.57. The molecule has 1 atom stereocenters. The Bertz CT molecular complexity index is 522. The summed E-state index contributed by atoms with van der Waals surface area (Å²) in [7, 11) is 1.52. The summed E-state index contributed by atoms with van der Waals surface area (Å²) in [5, 5.41) is 0. The molecule has 0 saturated carbocycles. The maximum absolute atomic E-state index is 12.4. The minimum atomic E-state index is -0.635. The van der Waals surface area contributed by atoms with Crippen LogP contribution < -0.4 is 5.73 Å². The summed E-state index contributed by atoms with van der Waals surface area (Å²) in [6.45, 7) is 4.27. The molecule has 1 unspecified atom stereocenters. The average molecular weight is 305 g/mol. The van der Waals surface area contributed by atoms with E-state index in [-0.39, 0.29) is 18.4 Å². The van der Waals surface area contributed by atoms with Crippen LogP contribution in [-0.4, -0.2) is 67.6 Å². The van der Waals surface area contributed by atoms with Crippen molar-refractivity contribution >= 4 is 11.8 Å². The van der Waals surface area contributed by atoms with Gasteiger partial charge in [0, 0.05) is 38.9 Å². The van der Waals surface area contributed by atoms with Crippen LogP contribution in [0.15, 0.2) is 24.3 Å². The van der Waals surface area contributed by atoms with E-state index in [1.165, 1.54) is 7.11 Å². The second kappa shape index (κ2) is 7.38. The van der Waals surface area contributed by atoms with E-state index in [1.807, 2.05) is 31.2 Å². The number of ether oxygens (including phenoxy) is 1. The first-order valence-corrected chi connectivity index (χ1v) is 7.42. The van der Waals surface area contributed by atoms with E-state index in [1.54, 1.807) is 9.80 Å². The van der Waals surface area contributed by atoms with Crippen LogP contribution in [0.3, 0.4) is 0 Å². The molecule has 0 radical (unpaired) electrons. The number of carbonyl (C=O) groups is 2. The van der Waals surface area contributed by atoms with Crippen LogP contribution in [0, 0.1) is 6.92 Å². The third kappa shape index (κ3) is 3.84. The fraction of sp³-hybridized carbons (Fsp3) is 0.500. The largest absolute Gasteiger partial charge is 0.383 e. The summed E-state index contributed by atoms with van der Waals surface area (Å²) in [6, 6.07) is 6.89. The van der Waals surface area contributed by atoms with Gasteiger partial charge in [-0.3, -0.25) is 9.59 Å². The molecule has 2 rings (SSSR count). The normalized spacial score (nSPS) is 16.5. The van der Waals surface area contributed by atoms with E-state index in [0.717, 1.165) is 5.56 Å². The predicted octanol–water partition coefficient (Wildman–Crippen LogP) is 0.253. The average Bonchev–Trinajstić information content (AvgIpc) is 2.54. The van der Waals surface area contributed by atoms with Gasteiger partial charge in [-0.15, -0.1) is 0 Å². The van der Waals surface area contributed by atoms with Gasteiger partial charge in [-0.1, -0.05) is 17.7 Å². The molecule has 120 valence electrons. The third-order valence-corrected chi connectivity index (χ3v) is 3.84. The van der Waals surface area contributed by atoms with Crippen molar-refractivity contribution in [2.24, 2.45) is 5.73 Å². The molecule has 0 spiro atoms. The molecule has 2 N–H and O–H groups in total. The molecule has 1 aromatic carbocycles. The fourth-order valence-corrected chi connectivity index (χ4v) is 2.49. The Balaban J connectivity index is 1.90. The van der Waals surface area contributed by atoms with E-state index in [4.69, 9.17) is 10.5 Å². The standard InChI is InChI=1S/C16H23N3O3/c1-12-3-5-13(6-4-12)15(20)18-7-9-19(10-8-18)16(21)14(17)11-22-2/h3-6,14H,7-11,17H2,1-2H3. The first-order valence-electron chi connectivity index (χ1n) is 7.42. The number of hydrogen-bond acceptors (Lipinski definition) is 4. The van der Waals surface area contributed by atoms with E-state index >= 15 is 0 Å². The van der Waals surface area contributed by atoms with E-state index in [0.29, 0.717) is 31.7 Å². The first kappa shape index (κ1) is 16.5. The molecular weight excluding hydrogens is 282 g/mol. The van der Waals surface area contributed by atoms with Gasteiger partial charge in [-0.2, -0.15) is 0 Å². The second-order valence-electron chi connectivity index (χ2n) is 5.55. The highest BCUT2D eigenvalue weighted by molar-refractivity contribution is 5.94. The molecule has 1 heterocycles. The van der Waals surface area contributed by atoms with Crippen LogP contribution in [0.2, 0.25) is 0 Å². The summed E-state index contributed by atoms with van der Waals surface area (Å²) < 4.78 is 4.91. The Labute approximate surface area is 130 Å². The minimum absolute atomic E-state index is 0.00767. The maximum atomic E-state index is 12.4. The smallest absolute Gasteiger partial charge is 0.253 e. The topological polar surface area (TPSA) is 75.9 Å². The third-order valence-electron chi connectivity index (χ3n) is 3.84. The molecule has 6 nitrogen and oxygen atoms in total. The number of piperazine rings is 1. The highest BCUT2D eigenvalue weighted by Crippen LogP contribution is 2.10. The lowest BCUT2D eigenvalue weighted by atomic mass is 10.1. The Hall–Kier alpha value is -1.92. The number of rotatable bonds is 4. The van der Waals surface area contributed by atoms with Crippen LogP contribution in [0.4, 0.5) is 0 Å². The zero-order chi connectivity index (χ0) is 16.1. The van der Waals surface area contributed by atoms with Crippen molar-refractivity contribution in [3.63, 3.8) is 0 Å². The lowest BCUT2D eigenvalue weighted by molar-refractivity contribution is -0.135. The number of aryl methyl sites for hydroxylation is 1. The van der Waals surface area contributed by atoms with Gasteiger partial charge in [0.25, 0.3) is 5.91 Å². The summed E-state index contributed by atoms with van der Waals surface area (Å²) >= 11 is 0. The maximum Gasteiger partial charge on any atom is 0.253 e. The second-order valence-corrected chi connectivity index (χ2v) is 5.55. The number of amides is 2. The van der Waals surface area contributed by atoms with Crippen molar-refractivity contribution in [1.29, 1.82) is 0 Å². The molecule has 0 aromatic heterocycles. The number of nitrogens with two attached hydrogens (primary N) is 1. The molecule has 1 saturated heterocycles. The van der Waals surface area contributed by atoms with E-state index in [9.17, 15) is 9.59 Å². The van der Waals surface area contributed by atoms with Gasteiger partial charge < -0.3 is 20.3 Å². The van der Waals surface area contributed by atoms with Crippen LogP contribution >= 0.6 is 0 Å². The van der Waals surface area contributed by atoms with Gasteiger partial charge in [0.15, 0.2) is 0 Å². The fourth-order valence-electron chi connectivity index (χ4n) is 2.49. The van der Waals surface area contributed by atoms with E-state index in [2.05, 4.69) is 0 Å². The van der Waals surface area contributed by atoms with Gasteiger partial charge >= 0.3 is 0 Å². The Morgan fingerprint density at radius 2 is 1.68 bits per heavy atom. The molecule has 1 aliphatic heterocycles. The van der Waals surface area contributed by atoms with Crippen molar-refractivity contribution in [3.05, 3.63) is 35.4 Å². The minimum Gasteiger partial charge on any atom is -0.383 e. The van der Waals surface area contributed by atoms with Crippen molar-refractivity contribution in [2.75, 3.05) is 39.9 Å². The van der Waals surface area contributed by atoms with Crippen LogP contribution in [0.1, 0.15) is 15.9 Å². The first-order chi connectivity index (χ1) is 10.5. The SMILES string of the molecule is COCC(N)C(=O)N1CCN(C(=O)c2ccc(C)cc2)CC1. The molecule has 1 aliphatic rings. The Morgan fingerprint density at radius 3 is 2.23 bits per heavy atom. The van der Waals surface area contributed by atoms with Gasteiger partial charge in [-0.25, -0.2) is 0 Å². The quantitative estimate of drug-likeness (QED) is 0.865. The van der Waals surface area contributed by atoms with Gasteiger partial charge in [0.2, 0.25) is 5.91 Å². The monoisotopic (exact) mass is 305 g/mol. The molecule has 1 aromatic rings. The Morgan fingerprint density at radius 1 is 1.14 bits per heavy atom. The molecule has 22 heavy (non-hydrogen) atoms. The zero-order valence-electron chi connectivity index (χ0n) is 13.1. The van der Waals surface area contributed by atoms with Crippen molar-refractivity contribution in [1.82, 2.24) is 9.80 Å². The molecular formula is C16H23N3O3. The number of benzene rings is 1. The van der Waals surface area contributed by atoms with E-state index < -0.39 is 6.04 Å². The lowest BCUT2D eigenvalue weighted by Crippen LogP contribution is -2.55. The van der Waals surface area contributed by atoms with Crippen LogP contribution in [0.25, 0.3) is 0 Å². The number of carbonyl (C=O) groups excluding carboxylic acids is 2. The number of nitrogens with zero attached hydrogens (tertiary/aromatic N) is 2. The predicted molar refractivity (Wildman–Crippen MR) is 83.5 cm³/mol. The Kier molecular flexibility index (Phi) is 5.51. The van der Waals surface area contributed by atoms with Gasteiger partial charge in [0.05, 0.1) is 6.61 Å². The summed E-state index contributed by atoms with van der Waals surface area (Å²) in [5.74, 6) is -0.113. The molecule has 2 amide bonds. The van der Waals surface area contributed by atoms with Crippen molar-refractivity contribution in [2.45, 2.75) is 13.0 Å². The molecule has 0 aliphatic carbocycles. The highest BCUT2D eigenvalue weighted by Gasteiger charge is 2.27. The molecule has 1 fully saturated rings. The lowest BCUT2D eigenvalue weighted by Gasteiger charge is -2.35. The zero-order valence-corrected chi connectivity index (χ0v) is 13.1. The van der Waals surface area contributed by atoms with Crippen molar-refractivity contribution in [3.8, 4) is 0 Å². The van der Waals surface area contributed by atoms with Gasteiger partial charge in [-0.05, 0) is 19.1 Å². The van der Waals surface area contributed by atoms with Crippen molar-refractivity contribution < 1.29 is 14.3 Å². The summed E-state index contributed by atoms with van der Waals surface area (Å²) in [4.78, 5) is 28.0. The molecule has 6 heteroatoms. The summed E-state index contributed by atoms with van der Waals surface area (Å²) in [6.07, 6.45) is 0. The van der Waals surface area contributed by atoms with Gasteiger partial charge in [0.1, 0.15) is 6.04 Å². The molecule has 0 bridgehead atoms. The highest BCUT2D eigenvalue weighted by atomic mass is 16.5.